The van der Waals surface area contributed by atoms with Gasteiger partial charge in [0.1, 0.15) is 0 Å². The van der Waals surface area contributed by atoms with E-state index in [-0.39, 0.29) is 19.0 Å². The molecule has 0 spiro atoms. The maximum Gasteiger partial charge on any atom is 0.350 e. The second kappa shape index (κ2) is 7.16. The minimum atomic E-state index is -0.842. The number of rotatable bonds is 7. The Labute approximate surface area is 122 Å². The first-order chi connectivity index (χ1) is 9.77. The summed E-state index contributed by atoms with van der Waals surface area (Å²) in [4.78, 5) is 34.4. The van der Waals surface area contributed by atoms with E-state index in [2.05, 4.69) is 5.32 Å². The van der Waals surface area contributed by atoms with Crippen molar-refractivity contribution in [3.05, 3.63) is 37.1 Å². The summed E-state index contributed by atoms with van der Waals surface area (Å²) in [5.74, 6) is 0.00473. The smallest absolute Gasteiger partial charge is 0.314 e. The average molecular weight is 298 g/mol. The van der Waals surface area contributed by atoms with Gasteiger partial charge < -0.3 is 5.32 Å². The summed E-state index contributed by atoms with van der Waals surface area (Å²) in [6.07, 6.45) is 1.01. The van der Waals surface area contributed by atoms with E-state index >= 15 is 0 Å². The molecule has 0 aliphatic carbocycles. The molecule has 8 heteroatoms. The van der Waals surface area contributed by atoms with Crippen LogP contribution in [-0.4, -0.2) is 26.6 Å². The second-order valence-corrected chi connectivity index (χ2v) is 5.42. The Balaban J connectivity index is 3.16. The van der Waals surface area contributed by atoms with Gasteiger partial charge in [-0.2, -0.15) is 0 Å². The van der Waals surface area contributed by atoms with Gasteiger partial charge in [0.2, 0.25) is 0 Å². The van der Waals surface area contributed by atoms with Crippen molar-refractivity contribution >= 4 is 5.69 Å². The molecular weight excluding hydrogens is 276 g/mol. The summed E-state index contributed by atoms with van der Waals surface area (Å²) in [5.41, 5.74) is -1.92. The molecule has 0 aromatic carbocycles. The van der Waals surface area contributed by atoms with Crippen LogP contribution in [-0.2, 0) is 13.1 Å². The lowest BCUT2D eigenvalue weighted by Crippen LogP contribution is -2.42. The zero-order valence-corrected chi connectivity index (χ0v) is 12.8. The average Bonchev–Trinajstić information content (AvgIpc) is 2.41. The molecule has 0 aliphatic rings. The van der Waals surface area contributed by atoms with Gasteiger partial charge in [-0.3, -0.25) is 24.0 Å². The van der Waals surface area contributed by atoms with Gasteiger partial charge >= 0.3 is 16.9 Å². The van der Waals surface area contributed by atoms with Crippen LogP contribution in [0.1, 0.15) is 27.7 Å². The first kappa shape index (κ1) is 17.1. The zero-order valence-electron chi connectivity index (χ0n) is 12.8. The Morgan fingerprint density at radius 1 is 1.33 bits per heavy atom. The molecule has 118 valence electrons. The predicted molar refractivity (Wildman–Crippen MR) is 79.6 cm³/mol. The molecule has 0 saturated carbocycles. The molecule has 1 unspecified atom stereocenters. The molecule has 0 fully saturated rings. The third kappa shape index (κ3) is 4.25. The van der Waals surface area contributed by atoms with E-state index in [1.165, 1.54) is 4.57 Å². The van der Waals surface area contributed by atoms with Crippen molar-refractivity contribution in [2.24, 2.45) is 5.92 Å². The van der Waals surface area contributed by atoms with Crippen molar-refractivity contribution in [3.63, 3.8) is 0 Å². The Morgan fingerprint density at radius 3 is 2.43 bits per heavy atom. The molecule has 0 saturated heterocycles. The Hall–Kier alpha value is -1.96. The lowest BCUT2D eigenvalue weighted by atomic mass is 10.1. The van der Waals surface area contributed by atoms with Crippen LogP contribution in [0.3, 0.4) is 0 Å². The van der Waals surface area contributed by atoms with Gasteiger partial charge in [-0.1, -0.05) is 20.8 Å². The highest BCUT2D eigenvalue weighted by Crippen LogP contribution is 2.02. The molecule has 1 N–H and O–H groups in total. The Morgan fingerprint density at radius 2 is 1.95 bits per heavy atom. The van der Waals surface area contributed by atoms with Crippen molar-refractivity contribution in [2.75, 3.05) is 6.54 Å². The molecule has 1 aromatic rings. The van der Waals surface area contributed by atoms with Crippen LogP contribution in [0.4, 0.5) is 5.69 Å². The van der Waals surface area contributed by atoms with Crippen LogP contribution in [0.5, 0.6) is 0 Å². The standard InChI is InChI=1S/C13H22N4O4/c1-5-15-8-11(17(20)21)12(18)16(13(15)19)7-10(4)6-14-9(2)3/h8-10,14H,5-7H2,1-4H3. The number of nitro groups is 1. The summed E-state index contributed by atoms with van der Waals surface area (Å²) in [6, 6.07) is 0.293. The molecule has 0 bridgehead atoms. The molecule has 8 nitrogen and oxygen atoms in total. The molecule has 21 heavy (non-hydrogen) atoms. The number of nitrogens with zero attached hydrogens (tertiary/aromatic N) is 3. The van der Waals surface area contributed by atoms with E-state index in [0.717, 1.165) is 10.8 Å². The van der Waals surface area contributed by atoms with Gasteiger partial charge in [-0.25, -0.2) is 4.79 Å². The summed E-state index contributed by atoms with van der Waals surface area (Å²) < 4.78 is 2.14. The first-order valence-corrected chi connectivity index (χ1v) is 7.00. The van der Waals surface area contributed by atoms with Crippen LogP contribution in [0.25, 0.3) is 0 Å². The van der Waals surface area contributed by atoms with Crippen molar-refractivity contribution in [3.8, 4) is 0 Å². The lowest BCUT2D eigenvalue weighted by Gasteiger charge is -2.16. The molecule has 1 atom stereocenters. The van der Waals surface area contributed by atoms with Crippen LogP contribution >= 0.6 is 0 Å². The van der Waals surface area contributed by atoms with Gasteiger partial charge in [-0.05, 0) is 19.4 Å². The number of hydrogen-bond acceptors (Lipinski definition) is 5. The quantitative estimate of drug-likeness (QED) is 0.586. The van der Waals surface area contributed by atoms with Crippen LogP contribution in [0.2, 0.25) is 0 Å². The summed E-state index contributed by atoms with van der Waals surface area (Å²) in [5, 5.41) is 14.1. The summed E-state index contributed by atoms with van der Waals surface area (Å²) >= 11 is 0. The predicted octanol–water partition coefficient (Wildman–Crippen LogP) is 0.572. The third-order valence-electron chi connectivity index (χ3n) is 3.13. The highest BCUT2D eigenvalue weighted by atomic mass is 16.6. The minimum absolute atomic E-state index is 0.00473. The van der Waals surface area contributed by atoms with Crippen LogP contribution in [0.15, 0.2) is 15.8 Å². The number of nitrogens with one attached hydrogen (secondary N) is 1. The zero-order chi connectivity index (χ0) is 16.2. The molecule has 0 amide bonds. The molecule has 0 aliphatic heterocycles. The molecule has 1 aromatic heterocycles. The molecule has 1 heterocycles. The SMILES string of the molecule is CCn1cc([N+](=O)[O-])c(=O)n(CC(C)CNC(C)C)c1=O. The highest BCUT2D eigenvalue weighted by molar-refractivity contribution is 5.21. The summed E-state index contributed by atoms with van der Waals surface area (Å²) in [6.45, 7) is 8.63. The maximum absolute atomic E-state index is 12.2. The Bertz CT molecular complexity index is 618. The highest BCUT2D eigenvalue weighted by Gasteiger charge is 2.20. The largest absolute Gasteiger partial charge is 0.350 e. The van der Waals surface area contributed by atoms with Crippen LogP contribution in [0, 0.1) is 16.0 Å². The minimum Gasteiger partial charge on any atom is -0.314 e. The van der Waals surface area contributed by atoms with E-state index in [0.29, 0.717) is 12.6 Å². The van der Waals surface area contributed by atoms with Gasteiger partial charge in [0, 0.05) is 19.1 Å². The topological polar surface area (TPSA) is 99.2 Å². The Kier molecular flexibility index (Phi) is 5.83. The van der Waals surface area contributed by atoms with Crippen molar-refractivity contribution in [2.45, 2.75) is 46.8 Å². The fourth-order valence-corrected chi connectivity index (χ4v) is 1.96. The normalized spacial score (nSPS) is 12.6. The second-order valence-electron chi connectivity index (χ2n) is 5.42. The number of aromatic nitrogens is 2. The van der Waals surface area contributed by atoms with Gasteiger partial charge in [-0.15, -0.1) is 0 Å². The molecular formula is C13H22N4O4. The van der Waals surface area contributed by atoms with Crippen molar-refractivity contribution in [1.82, 2.24) is 14.5 Å². The molecule has 0 radical (unpaired) electrons. The number of hydrogen-bond donors (Lipinski definition) is 1. The third-order valence-corrected chi connectivity index (χ3v) is 3.13. The monoisotopic (exact) mass is 298 g/mol. The van der Waals surface area contributed by atoms with E-state index in [1.807, 2.05) is 20.8 Å². The van der Waals surface area contributed by atoms with Crippen molar-refractivity contribution < 1.29 is 4.92 Å². The van der Waals surface area contributed by atoms with Gasteiger partial charge in [0.25, 0.3) is 0 Å². The van der Waals surface area contributed by atoms with E-state index in [4.69, 9.17) is 0 Å². The van der Waals surface area contributed by atoms with E-state index in [9.17, 15) is 19.7 Å². The lowest BCUT2D eigenvalue weighted by molar-refractivity contribution is -0.387. The number of aryl methyl sites for hydroxylation is 1. The van der Waals surface area contributed by atoms with E-state index < -0.39 is 21.9 Å². The van der Waals surface area contributed by atoms with Crippen molar-refractivity contribution in [1.29, 1.82) is 0 Å². The van der Waals surface area contributed by atoms with Gasteiger partial charge in [0.15, 0.2) is 0 Å². The van der Waals surface area contributed by atoms with Gasteiger partial charge in [0.05, 0.1) is 11.1 Å². The van der Waals surface area contributed by atoms with Crippen LogP contribution < -0.4 is 16.6 Å². The summed E-state index contributed by atoms with van der Waals surface area (Å²) in [7, 11) is 0. The fraction of sp³-hybridized carbons (Fsp3) is 0.692. The fourth-order valence-electron chi connectivity index (χ4n) is 1.96. The maximum atomic E-state index is 12.2. The van der Waals surface area contributed by atoms with E-state index in [1.54, 1.807) is 6.92 Å². The first-order valence-electron chi connectivity index (χ1n) is 7.00. The molecule has 1 rings (SSSR count).